The van der Waals surface area contributed by atoms with Gasteiger partial charge in [-0.25, -0.2) is 0 Å². The molecule has 3 heteroatoms. The Morgan fingerprint density at radius 3 is 3.06 bits per heavy atom. The largest absolute Gasteiger partial charge is 0.380 e. The summed E-state index contributed by atoms with van der Waals surface area (Å²) in [5, 5.41) is 3.58. The summed E-state index contributed by atoms with van der Waals surface area (Å²) in [7, 11) is 0. The van der Waals surface area contributed by atoms with Gasteiger partial charge in [0.25, 0.3) is 0 Å². The number of ether oxygens (including phenoxy) is 1. The van der Waals surface area contributed by atoms with Gasteiger partial charge < -0.3 is 15.0 Å². The Hall–Kier alpha value is -0.120. The van der Waals surface area contributed by atoms with E-state index in [2.05, 4.69) is 17.1 Å². The third kappa shape index (κ3) is 4.04. The Bertz CT molecular complexity index is 192. The summed E-state index contributed by atoms with van der Waals surface area (Å²) in [5.41, 5.74) is 0. The average molecular weight is 226 g/mol. The quantitative estimate of drug-likeness (QED) is 0.719. The molecule has 0 aromatic heterocycles. The molecule has 2 heterocycles. The lowest BCUT2D eigenvalue weighted by molar-refractivity contribution is 0.178. The van der Waals surface area contributed by atoms with Crippen molar-refractivity contribution in [1.29, 1.82) is 0 Å². The fourth-order valence-electron chi connectivity index (χ4n) is 2.79. The topological polar surface area (TPSA) is 24.5 Å². The van der Waals surface area contributed by atoms with Crippen LogP contribution in [0.1, 0.15) is 32.6 Å². The fraction of sp³-hybridized carbons (Fsp3) is 1.00. The standard InChI is InChI=1S/C13H26N2O/c1-12-4-2-7-15(10-12)8-3-6-14-13-5-9-16-11-13/h12-14H,2-11H2,1H3. The zero-order valence-electron chi connectivity index (χ0n) is 10.6. The molecule has 0 saturated carbocycles. The van der Waals surface area contributed by atoms with Crippen molar-refractivity contribution in [1.82, 2.24) is 10.2 Å². The van der Waals surface area contributed by atoms with Crippen LogP contribution >= 0.6 is 0 Å². The third-order valence-electron chi connectivity index (χ3n) is 3.75. The van der Waals surface area contributed by atoms with Crippen LogP contribution in [0.4, 0.5) is 0 Å². The van der Waals surface area contributed by atoms with Crippen molar-refractivity contribution in [3.8, 4) is 0 Å². The van der Waals surface area contributed by atoms with Gasteiger partial charge >= 0.3 is 0 Å². The summed E-state index contributed by atoms with van der Waals surface area (Å²) >= 11 is 0. The van der Waals surface area contributed by atoms with E-state index >= 15 is 0 Å². The number of hydrogen-bond acceptors (Lipinski definition) is 3. The first-order chi connectivity index (χ1) is 7.84. The Labute approximate surface area is 99.5 Å². The predicted molar refractivity (Wildman–Crippen MR) is 66.7 cm³/mol. The molecule has 0 aromatic rings. The average Bonchev–Trinajstić information content (AvgIpc) is 2.77. The smallest absolute Gasteiger partial charge is 0.0620 e. The molecule has 2 unspecified atom stereocenters. The Balaban J connectivity index is 1.50. The Morgan fingerprint density at radius 1 is 1.38 bits per heavy atom. The monoisotopic (exact) mass is 226 g/mol. The summed E-state index contributed by atoms with van der Waals surface area (Å²) in [6.07, 6.45) is 5.29. The molecule has 0 bridgehead atoms. The van der Waals surface area contributed by atoms with Crippen molar-refractivity contribution in [2.24, 2.45) is 5.92 Å². The van der Waals surface area contributed by atoms with Gasteiger partial charge in [-0.1, -0.05) is 6.92 Å². The summed E-state index contributed by atoms with van der Waals surface area (Å²) in [6.45, 7) is 9.29. The second kappa shape index (κ2) is 6.58. The molecule has 16 heavy (non-hydrogen) atoms. The zero-order valence-corrected chi connectivity index (χ0v) is 10.6. The first-order valence-corrected chi connectivity index (χ1v) is 6.88. The van der Waals surface area contributed by atoms with Crippen LogP contribution in [-0.2, 0) is 4.74 Å². The molecule has 1 N–H and O–H groups in total. The number of hydrogen-bond donors (Lipinski definition) is 1. The Kier molecular flexibility index (Phi) is 5.07. The molecule has 0 spiro atoms. The number of nitrogens with one attached hydrogen (secondary N) is 1. The van der Waals surface area contributed by atoms with Gasteiger partial charge in [0, 0.05) is 19.2 Å². The maximum absolute atomic E-state index is 5.35. The molecule has 0 radical (unpaired) electrons. The van der Waals surface area contributed by atoms with Crippen LogP contribution in [-0.4, -0.2) is 50.3 Å². The van der Waals surface area contributed by atoms with Gasteiger partial charge in [-0.2, -0.15) is 0 Å². The normalized spacial score (nSPS) is 32.1. The van der Waals surface area contributed by atoms with Crippen LogP contribution in [0.25, 0.3) is 0 Å². The van der Waals surface area contributed by atoms with Crippen molar-refractivity contribution in [3.05, 3.63) is 0 Å². The van der Waals surface area contributed by atoms with Crippen LogP contribution in [0.15, 0.2) is 0 Å². The highest BCUT2D eigenvalue weighted by atomic mass is 16.5. The molecule has 94 valence electrons. The first kappa shape index (κ1) is 12.3. The van der Waals surface area contributed by atoms with E-state index in [1.165, 1.54) is 45.3 Å². The van der Waals surface area contributed by atoms with Gasteiger partial charge in [-0.15, -0.1) is 0 Å². The lowest BCUT2D eigenvalue weighted by atomic mass is 10.0. The molecule has 0 aromatic carbocycles. The van der Waals surface area contributed by atoms with E-state index in [0.29, 0.717) is 6.04 Å². The number of likely N-dealkylation sites (tertiary alicyclic amines) is 1. The molecule has 2 atom stereocenters. The van der Waals surface area contributed by atoms with Crippen LogP contribution in [0.2, 0.25) is 0 Å². The lowest BCUT2D eigenvalue weighted by Gasteiger charge is -2.30. The van der Waals surface area contributed by atoms with Crippen LogP contribution in [0.5, 0.6) is 0 Å². The first-order valence-electron chi connectivity index (χ1n) is 6.88. The molecular formula is C13H26N2O. The predicted octanol–water partition coefficient (Wildman–Crippen LogP) is 1.49. The van der Waals surface area contributed by atoms with Gasteiger partial charge in [-0.3, -0.25) is 0 Å². The van der Waals surface area contributed by atoms with Gasteiger partial charge in [0.15, 0.2) is 0 Å². The molecular weight excluding hydrogens is 200 g/mol. The van der Waals surface area contributed by atoms with E-state index in [4.69, 9.17) is 4.74 Å². The minimum Gasteiger partial charge on any atom is -0.380 e. The highest BCUT2D eigenvalue weighted by molar-refractivity contribution is 4.73. The van der Waals surface area contributed by atoms with Gasteiger partial charge in [0.1, 0.15) is 0 Å². The highest BCUT2D eigenvalue weighted by Crippen LogP contribution is 2.15. The van der Waals surface area contributed by atoms with E-state index in [-0.39, 0.29) is 0 Å². The van der Waals surface area contributed by atoms with Crippen LogP contribution in [0, 0.1) is 5.92 Å². The van der Waals surface area contributed by atoms with Crippen molar-refractivity contribution in [2.75, 3.05) is 39.4 Å². The molecule has 2 aliphatic heterocycles. The minimum absolute atomic E-state index is 0.625. The number of piperidine rings is 1. The molecule has 2 rings (SSSR count). The van der Waals surface area contributed by atoms with Crippen LogP contribution < -0.4 is 5.32 Å². The summed E-state index contributed by atoms with van der Waals surface area (Å²) in [5.74, 6) is 0.907. The third-order valence-corrected chi connectivity index (χ3v) is 3.75. The van der Waals surface area contributed by atoms with Gasteiger partial charge in [-0.05, 0) is 51.2 Å². The van der Waals surface area contributed by atoms with Crippen molar-refractivity contribution < 1.29 is 4.74 Å². The molecule has 0 aliphatic carbocycles. The van der Waals surface area contributed by atoms with E-state index in [0.717, 1.165) is 25.7 Å². The van der Waals surface area contributed by atoms with Crippen molar-refractivity contribution >= 4 is 0 Å². The van der Waals surface area contributed by atoms with E-state index in [1.807, 2.05) is 0 Å². The number of nitrogens with zero attached hydrogens (tertiary/aromatic N) is 1. The molecule has 2 fully saturated rings. The maximum Gasteiger partial charge on any atom is 0.0620 e. The molecule has 2 saturated heterocycles. The summed E-state index contributed by atoms with van der Waals surface area (Å²) in [4.78, 5) is 2.63. The number of rotatable bonds is 5. The second-order valence-electron chi connectivity index (χ2n) is 5.42. The van der Waals surface area contributed by atoms with Gasteiger partial charge in [0.05, 0.1) is 6.61 Å². The van der Waals surface area contributed by atoms with Crippen LogP contribution in [0.3, 0.4) is 0 Å². The van der Waals surface area contributed by atoms with Crippen molar-refractivity contribution in [3.63, 3.8) is 0 Å². The zero-order chi connectivity index (χ0) is 11.2. The highest BCUT2D eigenvalue weighted by Gasteiger charge is 2.16. The fourth-order valence-corrected chi connectivity index (χ4v) is 2.79. The second-order valence-corrected chi connectivity index (χ2v) is 5.42. The SMILES string of the molecule is CC1CCCN(CCCNC2CCOC2)C1. The molecule has 0 amide bonds. The minimum atomic E-state index is 0.625. The van der Waals surface area contributed by atoms with Gasteiger partial charge in [0.2, 0.25) is 0 Å². The van der Waals surface area contributed by atoms with E-state index < -0.39 is 0 Å². The summed E-state index contributed by atoms with van der Waals surface area (Å²) < 4.78 is 5.35. The van der Waals surface area contributed by atoms with E-state index in [9.17, 15) is 0 Å². The Morgan fingerprint density at radius 2 is 2.31 bits per heavy atom. The van der Waals surface area contributed by atoms with E-state index in [1.54, 1.807) is 0 Å². The molecule has 3 nitrogen and oxygen atoms in total. The molecule has 2 aliphatic rings. The lowest BCUT2D eigenvalue weighted by Crippen LogP contribution is -2.37. The summed E-state index contributed by atoms with van der Waals surface area (Å²) in [6, 6.07) is 0.625. The maximum atomic E-state index is 5.35. The van der Waals surface area contributed by atoms with Crippen molar-refractivity contribution in [2.45, 2.75) is 38.6 Å².